The van der Waals surface area contributed by atoms with Crippen LogP contribution in [0.2, 0.25) is 0 Å². The summed E-state index contributed by atoms with van der Waals surface area (Å²) in [7, 11) is 0. The van der Waals surface area contributed by atoms with E-state index in [0.717, 1.165) is 19.3 Å². The van der Waals surface area contributed by atoms with Crippen LogP contribution in [-0.4, -0.2) is 17.2 Å². The van der Waals surface area contributed by atoms with Gasteiger partial charge in [-0.3, -0.25) is 4.79 Å². The van der Waals surface area contributed by atoms with E-state index in [-0.39, 0.29) is 0 Å². The van der Waals surface area contributed by atoms with Crippen LogP contribution < -0.4 is 0 Å². The maximum absolute atomic E-state index is 10.8. The molecule has 0 rings (SSSR count). The minimum absolute atomic E-state index is 0.311. The lowest BCUT2D eigenvalue weighted by atomic mass is 10.1. The number of carbonyl (C=O) groups is 1. The maximum Gasteiger partial charge on any atom is 0.132 e. The minimum atomic E-state index is 0.311. The van der Waals surface area contributed by atoms with Gasteiger partial charge in [0.25, 0.3) is 0 Å². The van der Waals surface area contributed by atoms with Gasteiger partial charge in [-0.05, 0) is 19.3 Å². The zero-order chi connectivity index (χ0) is 8.53. The average molecular weight is 157 g/mol. The molecule has 11 heavy (non-hydrogen) atoms. The van der Waals surface area contributed by atoms with Crippen molar-refractivity contribution < 1.29 is 10.0 Å². The highest BCUT2D eigenvalue weighted by Gasteiger charge is 1.95. The number of ketones is 1. The second-order valence-electron chi connectivity index (χ2n) is 2.44. The van der Waals surface area contributed by atoms with Crippen LogP contribution in [0.25, 0.3) is 0 Å². The van der Waals surface area contributed by atoms with Crippen molar-refractivity contribution in [3.8, 4) is 0 Å². The third kappa shape index (κ3) is 7.03. The molecule has 3 heteroatoms. The average Bonchev–Trinajstić information content (AvgIpc) is 2.04. The molecule has 0 unspecified atom stereocenters. The van der Waals surface area contributed by atoms with Gasteiger partial charge in [-0.15, -0.1) is 5.16 Å². The molecule has 0 fully saturated rings. The highest BCUT2D eigenvalue weighted by molar-refractivity contribution is 5.77. The molecule has 0 spiro atoms. The van der Waals surface area contributed by atoms with Crippen LogP contribution in [0.1, 0.15) is 39.0 Å². The first-order valence-corrected chi connectivity index (χ1v) is 3.98. The SMILES string of the molecule is CCC(=O)CCCC/C=N\O. The van der Waals surface area contributed by atoms with Crippen LogP contribution >= 0.6 is 0 Å². The molecular weight excluding hydrogens is 142 g/mol. The summed E-state index contributed by atoms with van der Waals surface area (Å²) >= 11 is 0. The number of unbranched alkanes of at least 4 members (excludes halogenated alkanes) is 2. The first kappa shape index (κ1) is 10.1. The van der Waals surface area contributed by atoms with Gasteiger partial charge in [0, 0.05) is 19.1 Å². The number of carbonyl (C=O) groups excluding carboxylic acids is 1. The van der Waals surface area contributed by atoms with Gasteiger partial charge in [0.05, 0.1) is 0 Å². The van der Waals surface area contributed by atoms with Crippen molar-refractivity contribution in [3.63, 3.8) is 0 Å². The zero-order valence-electron chi connectivity index (χ0n) is 6.92. The van der Waals surface area contributed by atoms with Crippen molar-refractivity contribution in [2.75, 3.05) is 0 Å². The van der Waals surface area contributed by atoms with Crippen LogP contribution in [0.4, 0.5) is 0 Å². The molecule has 0 aromatic carbocycles. The standard InChI is InChI=1S/C8H15NO2/c1-2-8(10)6-4-3-5-7-9-11/h7,11H,2-6H2,1H3/b9-7-. The molecule has 0 aliphatic rings. The van der Waals surface area contributed by atoms with E-state index in [1.165, 1.54) is 6.21 Å². The van der Waals surface area contributed by atoms with Crippen LogP contribution in [0.3, 0.4) is 0 Å². The lowest BCUT2D eigenvalue weighted by Crippen LogP contribution is -1.94. The first-order chi connectivity index (χ1) is 5.31. The Morgan fingerprint density at radius 3 is 2.82 bits per heavy atom. The summed E-state index contributed by atoms with van der Waals surface area (Å²) in [5, 5.41) is 10.9. The van der Waals surface area contributed by atoms with Crippen molar-refractivity contribution in [3.05, 3.63) is 0 Å². The maximum atomic E-state index is 10.8. The molecule has 0 aliphatic carbocycles. The van der Waals surface area contributed by atoms with Crippen LogP contribution in [0.15, 0.2) is 5.16 Å². The van der Waals surface area contributed by atoms with Crippen LogP contribution in [0, 0.1) is 0 Å². The van der Waals surface area contributed by atoms with Gasteiger partial charge in [0.2, 0.25) is 0 Å². The van der Waals surface area contributed by atoms with E-state index in [4.69, 9.17) is 5.21 Å². The van der Waals surface area contributed by atoms with E-state index in [0.29, 0.717) is 18.6 Å². The molecule has 1 N–H and O–H groups in total. The molecule has 3 nitrogen and oxygen atoms in total. The summed E-state index contributed by atoms with van der Waals surface area (Å²) < 4.78 is 0. The molecular formula is C8H15NO2. The van der Waals surface area contributed by atoms with Crippen molar-refractivity contribution in [2.24, 2.45) is 5.16 Å². The van der Waals surface area contributed by atoms with E-state index in [2.05, 4.69) is 5.16 Å². The third-order valence-electron chi connectivity index (χ3n) is 1.51. The van der Waals surface area contributed by atoms with Gasteiger partial charge >= 0.3 is 0 Å². The molecule has 0 amide bonds. The molecule has 0 aromatic heterocycles. The zero-order valence-corrected chi connectivity index (χ0v) is 6.92. The van der Waals surface area contributed by atoms with Crippen molar-refractivity contribution >= 4 is 12.0 Å². The van der Waals surface area contributed by atoms with Gasteiger partial charge in [0.1, 0.15) is 5.78 Å². The highest BCUT2D eigenvalue weighted by Crippen LogP contribution is 2.00. The summed E-state index contributed by atoms with van der Waals surface area (Å²) in [5.74, 6) is 0.311. The summed E-state index contributed by atoms with van der Waals surface area (Å²) in [5.41, 5.74) is 0. The molecule has 0 atom stereocenters. The lowest BCUT2D eigenvalue weighted by molar-refractivity contribution is -0.118. The molecule has 0 saturated heterocycles. The van der Waals surface area contributed by atoms with E-state index in [9.17, 15) is 4.79 Å². The van der Waals surface area contributed by atoms with Crippen molar-refractivity contribution in [1.29, 1.82) is 0 Å². The Balaban J connectivity index is 3.08. The van der Waals surface area contributed by atoms with Gasteiger partial charge in [-0.25, -0.2) is 0 Å². The smallest absolute Gasteiger partial charge is 0.132 e. The van der Waals surface area contributed by atoms with Crippen LogP contribution in [0.5, 0.6) is 0 Å². The Kier molecular flexibility index (Phi) is 6.68. The van der Waals surface area contributed by atoms with Gasteiger partial charge < -0.3 is 5.21 Å². The number of oxime groups is 1. The lowest BCUT2D eigenvalue weighted by Gasteiger charge is -1.94. The van der Waals surface area contributed by atoms with E-state index in [1.807, 2.05) is 6.92 Å². The Bertz CT molecular complexity index is 132. The predicted molar refractivity (Wildman–Crippen MR) is 44.0 cm³/mol. The number of hydrogen-bond acceptors (Lipinski definition) is 3. The second-order valence-corrected chi connectivity index (χ2v) is 2.44. The summed E-state index contributed by atoms with van der Waals surface area (Å²) in [6.07, 6.45) is 5.34. The molecule has 64 valence electrons. The third-order valence-corrected chi connectivity index (χ3v) is 1.51. The van der Waals surface area contributed by atoms with Gasteiger partial charge in [-0.1, -0.05) is 6.92 Å². The fourth-order valence-electron chi connectivity index (χ4n) is 0.792. The fraction of sp³-hybridized carbons (Fsp3) is 0.750. The summed E-state index contributed by atoms with van der Waals surface area (Å²) in [6, 6.07) is 0. The number of hydrogen-bond donors (Lipinski definition) is 1. The Morgan fingerprint density at radius 2 is 2.27 bits per heavy atom. The molecule has 0 saturated carbocycles. The number of rotatable bonds is 6. The molecule has 0 bridgehead atoms. The van der Waals surface area contributed by atoms with Crippen molar-refractivity contribution in [1.82, 2.24) is 0 Å². The summed E-state index contributed by atoms with van der Waals surface area (Å²) in [6.45, 7) is 1.87. The number of Topliss-reactive ketones (excluding diaryl/α,β-unsaturated/α-hetero) is 1. The monoisotopic (exact) mass is 157 g/mol. The van der Waals surface area contributed by atoms with Crippen LogP contribution in [-0.2, 0) is 4.79 Å². The number of nitrogens with zero attached hydrogens (tertiary/aromatic N) is 1. The Hall–Kier alpha value is -0.860. The Labute approximate surface area is 67.1 Å². The van der Waals surface area contributed by atoms with E-state index in [1.54, 1.807) is 0 Å². The minimum Gasteiger partial charge on any atom is -0.411 e. The molecule has 0 heterocycles. The van der Waals surface area contributed by atoms with E-state index >= 15 is 0 Å². The summed E-state index contributed by atoms with van der Waals surface area (Å²) in [4.78, 5) is 10.8. The first-order valence-electron chi connectivity index (χ1n) is 3.98. The topological polar surface area (TPSA) is 49.7 Å². The largest absolute Gasteiger partial charge is 0.411 e. The molecule has 0 aromatic rings. The molecule has 0 radical (unpaired) electrons. The quantitative estimate of drug-likeness (QED) is 0.277. The van der Waals surface area contributed by atoms with Gasteiger partial charge in [-0.2, -0.15) is 0 Å². The van der Waals surface area contributed by atoms with Crippen molar-refractivity contribution in [2.45, 2.75) is 39.0 Å². The second kappa shape index (κ2) is 7.25. The van der Waals surface area contributed by atoms with E-state index < -0.39 is 0 Å². The predicted octanol–water partition coefficient (Wildman–Crippen LogP) is 1.99. The Morgan fingerprint density at radius 1 is 1.55 bits per heavy atom. The fourth-order valence-corrected chi connectivity index (χ4v) is 0.792. The highest BCUT2D eigenvalue weighted by atomic mass is 16.4. The normalized spacial score (nSPS) is 10.6. The molecule has 0 aliphatic heterocycles. The van der Waals surface area contributed by atoms with Gasteiger partial charge in [0.15, 0.2) is 0 Å².